The molecule has 31 heavy (non-hydrogen) atoms. The van der Waals surface area contributed by atoms with Crippen LogP contribution in [-0.2, 0) is 36.3 Å². The molecule has 0 saturated heterocycles. The van der Waals surface area contributed by atoms with E-state index >= 15 is 0 Å². The van der Waals surface area contributed by atoms with E-state index in [1.807, 2.05) is 37.3 Å². The highest BCUT2D eigenvalue weighted by Crippen LogP contribution is 2.14. The van der Waals surface area contributed by atoms with Gasteiger partial charge >= 0.3 is 11.7 Å². The molecule has 1 aromatic carbocycles. The summed E-state index contributed by atoms with van der Waals surface area (Å²) >= 11 is 0. The van der Waals surface area contributed by atoms with Gasteiger partial charge in [-0.25, -0.2) is 9.78 Å². The fraction of sp³-hybridized carbons (Fsp3) is 0.455. The van der Waals surface area contributed by atoms with Gasteiger partial charge in [-0.3, -0.25) is 18.7 Å². The van der Waals surface area contributed by atoms with E-state index in [0.717, 1.165) is 5.56 Å². The van der Waals surface area contributed by atoms with E-state index in [0.29, 0.717) is 37.1 Å². The van der Waals surface area contributed by atoms with Gasteiger partial charge in [0.25, 0.3) is 5.56 Å². The molecule has 0 aliphatic heterocycles. The lowest BCUT2D eigenvalue weighted by Crippen LogP contribution is -2.39. The molecule has 0 bridgehead atoms. The van der Waals surface area contributed by atoms with Gasteiger partial charge in [-0.15, -0.1) is 0 Å². The van der Waals surface area contributed by atoms with E-state index in [1.165, 1.54) is 16.1 Å². The minimum atomic E-state index is -0.445. The second kappa shape index (κ2) is 9.74. The number of fused-ring (bicyclic) bond motifs is 1. The number of esters is 1. The number of hydrogen-bond acceptors (Lipinski definition) is 6. The largest absolute Gasteiger partial charge is 0.463 e. The number of carbonyl (C=O) groups excluding carboxylic acids is 1. The summed E-state index contributed by atoms with van der Waals surface area (Å²) in [6.07, 6.45) is 1.73. The maximum Gasteiger partial charge on any atom is 0.332 e. The van der Waals surface area contributed by atoms with Crippen LogP contribution in [0.1, 0.15) is 44.5 Å². The number of carbonyl (C=O) groups is 1. The Bertz CT molecular complexity index is 1180. The van der Waals surface area contributed by atoms with Gasteiger partial charge in [-0.1, -0.05) is 30.3 Å². The second-order valence-corrected chi connectivity index (χ2v) is 7.64. The van der Waals surface area contributed by atoms with E-state index in [2.05, 4.69) is 4.98 Å². The van der Waals surface area contributed by atoms with Crippen LogP contribution in [0, 0.1) is 0 Å². The molecule has 0 aliphatic carbocycles. The molecule has 0 fully saturated rings. The van der Waals surface area contributed by atoms with E-state index < -0.39 is 11.2 Å². The van der Waals surface area contributed by atoms with Gasteiger partial charge in [-0.2, -0.15) is 0 Å². The zero-order valence-corrected chi connectivity index (χ0v) is 18.1. The van der Waals surface area contributed by atoms with Crippen molar-refractivity contribution >= 4 is 17.1 Å². The number of aliphatic hydroxyl groups excluding tert-OH is 1. The topological polar surface area (TPSA) is 108 Å². The van der Waals surface area contributed by atoms with Crippen molar-refractivity contribution in [2.75, 3.05) is 0 Å². The van der Waals surface area contributed by atoms with Gasteiger partial charge < -0.3 is 14.4 Å². The quantitative estimate of drug-likeness (QED) is 0.409. The molecule has 2 aromatic heterocycles. The van der Waals surface area contributed by atoms with Crippen LogP contribution in [0.5, 0.6) is 0 Å². The Labute approximate surface area is 179 Å². The summed E-state index contributed by atoms with van der Waals surface area (Å²) in [7, 11) is 1.57. The third-order valence-corrected chi connectivity index (χ3v) is 5.25. The molecule has 3 aromatic rings. The lowest BCUT2D eigenvalue weighted by molar-refractivity contribution is -0.145. The van der Waals surface area contributed by atoms with Crippen LogP contribution in [0.25, 0.3) is 11.2 Å². The third-order valence-electron chi connectivity index (χ3n) is 5.25. The zero-order chi connectivity index (χ0) is 22.5. The van der Waals surface area contributed by atoms with E-state index in [9.17, 15) is 19.5 Å². The standard InChI is InChI=1S/C22H28N4O5/c1-15(31-16(2)28)9-7-8-12-25-21(29)19-20(24(3)22(25)30)23-18(14-27)26(19)13-17-10-5-4-6-11-17/h4-6,10-11,15,27H,7-9,12-14H2,1-3H3/t15-/m0/s1. The highest BCUT2D eigenvalue weighted by Gasteiger charge is 2.20. The summed E-state index contributed by atoms with van der Waals surface area (Å²) in [6, 6.07) is 9.56. The first-order chi connectivity index (χ1) is 14.8. The summed E-state index contributed by atoms with van der Waals surface area (Å²) in [6.45, 7) is 3.45. The normalized spacial score (nSPS) is 12.3. The number of aromatic nitrogens is 4. The van der Waals surface area contributed by atoms with Crippen molar-refractivity contribution in [3.05, 3.63) is 62.6 Å². The first-order valence-corrected chi connectivity index (χ1v) is 10.3. The third kappa shape index (κ3) is 4.93. The highest BCUT2D eigenvalue weighted by molar-refractivity contribution is 5.71. The summed E-state index contributed by atoms with van der Waals surface area (Å²) < 4.78 is 9.34. The number of hydrogen-bond donors (Lipinski definition) is 1. The Hall–Kier alpha value is -3.20. The Morgan fingerprint density at radius 3 is 2.52 bits per heavy atom. The van der Waals surface area contributed by atoms with Gasteiger partial charge in [-0.05, 0) is 31.7 Å². The van der Waals surface area contributed by atoms with Crippen molar-refractivity contribution in [2.45, 2.75) is 58.9 Å². The number of nitrogens with zero attached hydrogens (tertiary/aromatic N) is 4. The van der Waals surface area contributed by atoms with Crippen LogP contribution < -0.4 is 11.2 Å². The first kappa shape index (κ1) is 22.5. The van der Waals surface area contributed by atoms with Crippen molar-refractivity contribution in [1.29, 1.82) is 0 Å². The first-order valence-electron chi connectivity index (χ1n) is 10.3. The monoisotopic (exact) mass is 428 g/mol. The molecule has 1 N–H and O–H groups in total. The predicted molar refractivity (Wildman–Crippen MR) is 116 cm³/mol. The molecule has 3 rings (SSSR count). The molecule has 9 heteroatoms. The lowest BCUT2D eigenvalue weighted by Gasteiger charge is -2.13. The van der Waals surface area contributed by atoms with E-state index in [4.69, 9.17) is 4.74 Å². The molecular weight excluding hydrogens is 400 g/mol. The highest BCUT2D eigenvalue weighted by atomic mass is 16.5. The Kier molecular flexibility index (Phi) is 7.06. The van der Waals surface area contributed by atoms with Crippen LogP contribution >= 0.6 is 0 Å². The zero-order valence-electron chi connectivity index (χ0n) is 18.1. The van der Waals surface area contributed by atoms with Gasteiger partial charge in [0, 0.05) is 27.1 Å². The number of unbranched alkanes of at least 4 members (excludes halogenated alkanes) is 1. The summed E-state index contributed by atoms with van der Waals surface area (Å²) in [5.41, 5.74) is 0.641. The van der Waals surface area contributed by atoms with Gasteiger partial charge in [0.1, 0.15) is 12.4 Å². The molecule has 9 nitrogen and oxygen atoms in total. The minimum Gasteiger partial charge on any atom is -0.463 e. The van der Waals surface area contributed by atoms with Crippen LogP contribution in [-0.4, -0.2) is 35.9 Å². The fourth-order valence-corrected chi connectivity index (χ4v) is 3.71. The van der Waals surface area contributed by atoms with Crippen molar-refractivity contribution in [2.24, 2.45) is 7.05 Å². The van der Waals surface area contributed by atoms with Crippen LogP contribution in [0.15, 0.2) is 39.9 Å². The molecule has 0 amide bonds. The number of aliphatic hydroxyl groups is 1. The number of ether oxygens (including phenoxy) is 1. The predicted octanol–water partition coefficient (Wildman–Crippen LogP) is 1.56. The number of aryl methyl sites for hydroxylation is 1. The molecule has 0 radical (unpaired) electrons. The van der Waals surface area contributed by atoms with Gasteiger partial charge in [0.05, 0.1) is 6.10 Å². The fourth-order valence-electron chi connectivity index (χ4n) is 3.71. The molecular formula is C22H28N4O5. The Balaban J connectivity index is 1.92. The van der Waals surface area contributed by atoms with Crippen LogP contribution in [0.3, 0.4) is 0 Å². The van der Waals surface area contributed by atoms with E-state index in [-0.39, 0.29) is 30.9 Å². The van der Waals surface area contributed by atoms with E-state index in [1.54, 1.807) is 11.6 Å². The molecule has 1 atom stereocenters. The SMILES string of the molecule is CC(=O)O[C@@H](C)CCCCn1c(=O)c2c(nc(CO)n2Cc2ccccc2)n(C)c1=O. The second-order valence-electron chi connectivity index (χ2n) is 7.64. The van der Waals surface area contributed by atoms with Crippen molar-refractivity contribution in [3.8, 4) is 0 Å². The molecule has 0 aliphatic rings. The number of rotatable bonds is 9. The maximum absolute atomic E-state index is 13.3. The van der Waals surface area contributed by atoms with Crippen LogP contribution in [0.2, 0.25) is 0 Å². The Morgan fingerprint density at radius 2 is 1.87 bits per heavy atom. The molecule has 2 heterocycles. The minimum absolute atomic E-state index is 0.209. The van der Waals surface area contributed by atoms with Gasteiger partial charge in [0.15, 0.2) is 11.2 Å². The summed E-state index contributed by atoms with van der Waals surface area (Å²) in [5, 5.41) is 9.79. The number of imidazole rings is 1. The van der Waals surface area contributed by atoms with Crippen molar-refractivity contribution in [3.63, 3.8) is 0 Å². The summed E-state index contributed by atoms with van der Waals surface area (Å²) in [5.74, 6) is 0.00770. The average molecular weight is 428 g/mol. The van der Waals surface area contributed by atoms with Crippen molar-refractivity contribution < 1.29 is 14.6 Å². The molecule has 0 unspecified atom stereocenters. The average Bonchev–Trinajstić information content (AvgIpc) is 3.10. The maximum atomic E-state index is 13.3. The molecule has 166 valence electrons. The molecule has 0 saturated carbocycles. The van der Waals surface area contributed by atoms with Crippen LogP contribution in [0.4, 0.5) is 0 Å². The lowest BCUT2D eigenvalue weighted by atomic mass is 10.1. The summed E-state index contributed by atoms with van der Waals surface area (Å²) in [4.78, 5) is 41.4. The number of benzene rings is 1. The van der Waals surface area contributed by atoms with Gasteiger partial charge in [0.2, 0.25) is 0 Å². The van der Waals surface area contributed by atoms with Crippen molar-refractivity contribution in [1.82, 2.24) is 18.7 Å². The smallest absolute Gasteiger partial charge is 0.332 e. The molecule has 0 spiro atoms. The Morgan fingerprint density at radius 1 is 1.16 bits per heavy atom.